The highest BCUT2D eigenvalue weighted by molar-refractivity contribution is 5.79. The van der Waals surface area contributed by atoms with Crippen LogP contribution in [0.5, 0.6) is 11.5 Å². The lowest BCUT2D eigenvalue weighted by Crippen LogP contribution is -2.43. The fourth-order valence-electron chi connectivity index (χ4n) is 2.68. The van der Waals surface area contributed by atoms with Gasteiger partial charge in [0.05, 0.1) is 12.8 Å². The van der Waals surface area contributed by atoms with Crippen molar-refractivity contribution < 1.29 is 13.9 Å². The molecule has 1 aromatic carbocycles. The number of fused-ring (bicyclic) bond motifs is 1. The van der Waals surface area contributed by atoms with E-state index >= 15 is 0 Å². The van der Waals surface area contributed by atoms with E-state index in [2.05, 4.69) is 41.6 Å². The van der Waals surface area contributed by atoms with Gasteiger partial charge in [-0.05, 0) is 29.8 Å². The van der Waals surface area contributed by atoms with Crippen LogP contribution in [0.4, 0.5) is 0 Å². The van der Waals surface area contributed by atoms with Gasteiger partial charge < -0.3 is 24.5 Å². The summed E-state index contributed by atoms with van der Waals surface area (Å²) in [4.78, 5) is 4.26. The molecule has 0 bridgehead atoms. The Hall–Kier alpha value is -2.63. The SMILES string of the molecule is CN=C(NCc1ccco1)NCC(C)(C)c1ccc2c(c1)OCCO2. The van der Waals surface area contributed by atoms with Crippen molar-refractivity contribution in [2.45, 2.75) is 25.8 Å². The molecule has 25 heavy (non-hydrogen) atoms. The summed E-state index contributed by atoms with van der Waals surface area (Å²) in [5, 5.41) is 6.62. The molecule has 6 nitrogen and oxygen atoms in total. The standard InChI is InChI=1S/C19H25N3O3/c1-19(2,14-6-7-16-17(11-14)25-10-9-24-16)13-22-18(20-3)21-12-15-5-4-8-23-15/h4-8,11H,9-10,12-13H2,1-3H3,(H2,20,21,22). The van der Waals surface area contributed by atoms with Crippen LogP contribution in [-0.4, -0.2) is 32.8 Å². The number of guanidine groups is 1. The Morgan fingerprint density at radius 2 is 1.92 bits per heavy atom. The molecule has 0 atom stereocenters. The number of furan rings is 1. The first-order chi connectivity index (χ1) is 12.1. The number of nitrogens with zero attached hydrogens (tertiary/aromatic N) is 1. The highest BCUT2D eigenvalue weighted by atomic mass is 16.6. The van der Waals surface area contributed by atoms with Crippen LogP contribution in [0.1, 0.15) is 25.2 Å². The summed E-state index contributed by atoms with van der Waals surface area (Å²) in [7, 11) is 1.76. The number of nitrogens with one attached hydrogen (secondary N) is 2. The predicted octanol–water partition coefficient (Wildman–Crippen LogP) is 2.69. The molecular weight excluding hydrogens is 318 g/mol. The van der Waals surface area contributed by atoms with E-state index in [1.54, 1.807) is 13.3 Å². The number of hydrogen-bond donors (Lipinski definition) is 2. The van der Waals surface area contributed by atoms with Gasteiger partial charge in [-0.15, -0.1) is 0 Å². The van der Waals surface area contributed by atoms with Gasteiger partial charge in [0.2, 0.25) is 0 Å². The zero-order valence-corrected chi connectivity index (χ0v) is 15.0. The molecule has 2 heterocycles. The first kappa shape index (κ1) is 17.2. The van der Waals surface area contributed by atoms with E-state index < -0.39 is 0 Å². The lowest BCUT2D eigenvalue weighted by molar-refractivity contribution is 0.171. The molecule has 2 N–H and O–H groups in total. The summed E-state index contributed by atoms with van der Waals surface area (Å²) < 4.78 is 16.6. The minimum atomic E-state index is -0.0991. The molecule has 6 heteroatoms. The number of benzene rings is 1. The maximum Gasteiger partial charge on any atom is 0.191 e. The Kier molecular flexibility index (Phi) is 5.16. The van der Waals surface area contributed by atoms with Crippen LogP contribution in [0.15, 0.2) is 46.0 Å². The fraction of sp³-hybridized carbons (Fsp3) is 0.421. The van der Waals surface area contributed by atoms with Crippen LogP contribution in [0.3, 0.4) is 0 Å². The third kappa shape index (κ3) is 4.26. The van der Waals surface area contributed by atoms with Crippen molar-refractivity contribution in [3.05, 3.63) is 47.9 Å². The van der Waals surface area contributed by atoms with E-state index in [9.17, 15) is 0 Å². The van der Waals surface area contributed by atoms with E-state index in [-0.39, 0.29) is 5.41 Å². The van der Waals surface area contributed by atoms with Gasteiger partial charge in [-0.25, -0.2) is 0 Å². The Bertz CT molecular complexity index is 724. The van der Waals surface area contributed by atoms with Gasteiger partial charge in [0.15, 0.2) is 17.5 Å². The lowest BCUT2D eigenvalue weighted by Gasteiger charge is -2.28. The molecule has 0 spiro atoms. The second-order valence-electron chi connectivity index (χ2n) is 6.60. The molecule has 1 aliphatic heterocycles. The first-order valence-corrected chi connectivity index (χ1v) is 8.45. The number of aliphatic imine (C=N–C) groups is 1. The molecule has 0 saturated heterocycles. The van der Waals surface area contributed by atoms with Gasteiger partial charge in [-0.3, -0.25) is 4.99 Å². The maximum atomic E-state index is 5.69. The molecule has 2 aromatic rings. The summed E-state index contributed by atoms with van der Waals surface area (Å²) in [5.74, 6) is 3.24. The largest absolute Gasteiger partial charge is 0.486 e. The molecule has 0 aliphatic carbocycles. The van der Waals surface area contributed by atoms with Crippen molar-refractivity contribution in [3.63, 3.8) is 0 Å². The van der Waals surface area contributed by atoms with Crippen LogP contribution in [0, 0.1) is 0 Å². The Morgan fingerprint density at radius 1 is 1.12 bits per heavy atom. The van der Waals surface area contributed by atoms with Crippen molar-refractivity contribution in [1.82, 2.24) is 10.6 Å². The Morgan fingerprint density at radius 3 is 2.64 bits per heavy atom. The van der Waals surface area contributed by atoms with E-state index in [0.29, 0.717) is 19.8 Å². The van der Waals surface area contributed by atoms with Crippen molar-refractivity contribution in [3.8, 4) is 11.5 Å². The van der Waals surface area contributed by atoms with E-state index in [1.807, 2.05) is 18.2 Å². The van der Waals surface area contributed by atoms with Crippen molar-refractivity contribution >= 4 is 5.96 Å². The number of hydrogen-bond acceptors (Lipinski definition) is 4. The maximum absolute atomic E-state index is 5.69. The zero-order valence-electron chi connectivity index (χ0n) is 15.0. The van der Waals surface area contributed by atoms with E-state index in [0.717, 1.165) is 29.8 Å². The molecule has 0 saturated carbocycles. The predicted molar refractivity (Wildman–Crippen MR) is 97.4 cm³/mol. The third-order valence-electron chi connectivity index (χ3n) is 4.26. The molecule has 134 valence electrons. The van der Waals surface area contributed by atoms with E-state index in [4.69, 9.17) is 13.9 Å². The summed E-state index contributed by atoms with van der Waals surface area (Å²) >= 11 is 0. The molecule has 0 unspecified atom stereocenters. The summed E-state index contributed by atoms with van der Waals surface area (Å²) in [6.07, 6.45) is 1.66. The molecule has 3 rings (SSSR count). The second kappa shape index (κ2) is 7.51. The summed E-state index contributed by atoms with van der Waals surface area (Å²) in [5.41, 5.74) is 1.09. The molecule has 0 radical (unpaired) electrons. The van der Waals surface area contributed by atoms with Gasteiger partial charge in [-0.1, -0.05) is 19.9 Å². The molecule has 1 aliphatic rings. The fourth-order valence-corrected chi connectivity index (χ4v) is 2.68. The average Bonchev–Trinajstić information content (AvgIpc) is 3.15. The molecule has 1 aromatic heterocycles. The van der Waals surface area contributed by atoms with Crippen molar-refractivity contribution in [1.29, 1.82) is 0 Å². The minimum absolute atomic E-state index is 0.0991. The van der Waals surface area contributed by atoms with Gasteiger partial charge in [0.1, 0.15) is 19.0 Å². The van der Waals surface area contributed by atoms with Gasteiger partial charge in [-0.2, -0.15) is 0 Å². The topological polar surface area (TPSA) is 68.0 Å². The average molecular weight is 343 g/mol. The normalized spacial score (nSPS) is 14.3. The quantitative estimate of drug-likeness (QED) is 0.645. The van der Waals surface area contributed by atoms with Crippen molar-refractivity contribution in [2.75, 3.05) is 26.8 Å². The Balaban J connectivity index is 1.60. The highest BCUT2D eigenvalue weighted by Gasteiger charge is 2.23. The monoisotopic (exact) mass is 343 g/mol. The van der Waals surface area contributed by atoms with Gasteiger partial charge in [0.25, 0.3) is 0 Å². The van der Waals surface area contributed by atoms with Crippen LogP contribution in [0.25, 0.3) is 0 Å². The van der Waals surface area contributed by atoms with Crippen LogP contribution in [0.2, 0.25) is 0 Å². The smallest absolute Gasteiger partial charge is 0.191 e. The van der Waals surface area contributed by atoms with E-state index in [1.165, 1.54) is 5.56 Å². The highest BCUT2D eigenvalue weighted by Crippen LogP contribution is 2.34. The lowest BCUT2D eigenvalue weighted by atomic mass is 9.84. The van der Waals surface area contributed by atoms with Crippen LogP contribution < -0.4 is 20.1 Å². The van der Waals surface area contributed by atoms with Crippen LogP contribution >= 0.6 is 0 Å². The zero-order chi connectivity index (χ0) is 17.7. The molecule has 0 amide bonds. The summed E-state index contributed by atoms with van der Waals surface area (Å²) in [6.45, 7) is 6.89. The Labute approximate surface area is 148 Å². The molecular formula is C19H25N3O3. The van der Waals surface area contributed by atoms with Gasteiger partial charge in [0, 0.05) is 19.0 Å². The second-order valence-corrected chi connectivity index (χ2v) is 6.60. The number of ether oxygens (including phenoxy) is 2. The molecule has 0 fully saturated rings. The minimum Gasteiger partial charge on any atom is -0.486 e. The van der Waals surface area contributed by atoms with Crippen molar-refractivity contribution in [2.24, 2.45) is 4.99 Å². The number of rotatable bonds is 5. The van der Waals surface area contributed by atoms with Crippen LogP contribution in [-0.2, 0) is 12.0 Å². The first-order valence-electron chi connectivity index (χ1n) is 8.45. The van der Waals surface area contributed by atoms with Gasteiger partial charge >= 0.3 is 0 Å². The third-order valence-corrected chi connectivity index (χ3v) is 4.26. The summed E-state index contributed by atoms with van der Waals surface area (Å²) in [6, 6.07) is 9.94.